The van der Waals surface area contributed by atoms with Gasteiger partial charge in [0.2, 0.25) is 0 Å². The monoisotopic (exact) mass is 290 g/mol. The van der Waals surface area contributed by atoms with Gasteiger partial charge in [-0.2, -0.15) is 0 Å². The Hall–Kier alpha value is -2.04. The second-order valence-electron chi connectivity index (χ2n) is 5.54. The Bertz CT molecular complexity index is 496. The van der Waals surface area contributed by atoms with E-state index in [1.165, 1.54) is 25.7 Å². The molecule has 0 bridgehead atoms. The van der Waals surface area contributed by atoms with E-state index in [2.05, 4.69) is 10.6 Å². The predicted molar refractivity (Wildman–Crippen MR) is 81.4 cm³/mol. The topological polar surface area (TPSA) is 78.4 Å². The van der Waals surface area contributed by atoms with Gasteiger partial charge in [-0.15, -0.1) is 0 Å². The Balaban J connectivity index is 1.85. The number of carboxylic acid groups (broad SMARTS) is 1. The van der Waals surface area contributed by atoms with E-state index in [0.29, 0.717) is 24.6 Å². The van der Waals surface area contributed by atoms with Crippen molar-refractivity contribution in [2.75, 3.05) is 11.9 Å². The minimum absolute atomic E-state index is 0.0579. The molecule has 1 saturated carbocycles. The van der Waals surface area contributed by atoms with E-state index in [-0.39, 0.29) is 12.5 Å². The number of nitrogens with one attached hydrogen (secondary N) is 2. The van der Waals surface area contributed by atoms with Gasteiger partial charge in [-0.05, 0) is 36.8 Å². The van der Waals surface area contributed by atoms with Crippen molar-refractivity contribution in [1.29, 1.82) is 0 Å². The van der Waals surface area contributed by atoms with Gasteiger partial charge in [0.1, 0.15) is 0 Å². The fraction of sp³-hybridized carbons (Fsp3) is 0.500. The molecule has 1 aromatic carbocycles. The number of para-hydroxylation sites is 1. The number of amides is 2. The normalized spacial score (nSPS) is 14.9. The minimum atomic E-state index is -0.838. The second-order valence-corrected chi connectivity index (χ2v) is 5.54. The Morgan fingerprint density at radius 1 is 1.19 bits per heavy atom. The maximum absolute atomic E-state index is 11.9. The Labute approximate surface area is 124 Å². The van der Waals surface area contributed by atoms with Gasteiger partial charge in [-0.25, -0.2) is 4.79 Å². The van der Waals surface area contributed by atoms with Crippen LogP contribution in [0.15, 0.2) is 24.3 Å². The van der Waals surface area contributed by atoms with Crippen LogP contribution < -0.4 is 10.6 Å². The van der Waals surface area contributed by atoms with E-state index in [1.54, 1.807) is 6.07 Å². The fourth-order valence-electron chi connectivity index (χ4n) is 2.72. The highest BCUT2D eigenvalue weighted by Crippen LogP contribution is 2.23. The van der Waals surface area contributed by atoms with Gasteiger partial charge in [0.15, 0.2) is 0 Å². The summed E-state index contributed by atoms with van der Waals surface area (Å²) in [4.78, 5) is 22.6. The van der Waals surface area contributed by atoms with Crippen molar-refractivity contribution in [2.45, 2.75) is 38.5 Å². The van der Waals surface area contributed by atoms with Crippen molar-refractivity contribution >= 4 is 17.7 Å². The first-order valence-corrected chi connectivity index (χ1v) is 7.49. The predicted octanol–water partition coefficient (Wildman–Crippen LogP) is 3.02. The number of aliphatic carboxylic acids is 1. The maximum Gasteiger partial charge on any atom is 0.319 e. The molecule has 21 heavy (non-hydrogen) atoms. The van der Waals surface area contributed by atoms with Crippen molar-refractivity contribution in [3.63, 3.8) is 0 Å². The third-order valence-corrected chi connectivity index (χ3v) is 3.90. The van der Waals surface area contributed by atoms with Gasteiger partial charge in [0.25, 0.3) is 0 Å². The van der Waals surface area contributed by atoms with Crippen LogP contribution in [0.25, 0.3) is 0 Å². The van der Waals surface area contributed by atoms with E-state index in [1.807, 2.05) is 18.2 Å². The zero-order valence-corrected chi connectivity index (χ0v) is 12.1. The van der Waals surface area contributed by atoms with Gasteiger partial charge >= 0.3 is 12.0 Å². The lowest BCUT2D eigenvalue weighted by atomic mass is 10.1. The summed E-state index contributed by atoms with van der Waals surface area (Å²) in [5.74, 6) is -0.242. The molecule has 5 heteroatoms. The lowest BCUT2D eigenvalue weighted by Gasteiger charge is -2.13. The number of carboxylic acids is 1. The summed E-state index contributed by atoms with van der Waals surface area (Å²) in [7, 11) is 0. The SMILES string of the molecule is O=C(O)CCc1ccccc1NC(=O)NCC1CCCC1. The molecule has 114 valence electrons. The molecule has 1 fully saturated rings. The first-order chi connectivity index (χ1) is 10.1. The van der Waals surface area contributed by atoms with Gasteiger partial charge in [0, 0.05) is 18.7 Å². The van der Waals surface area contributed by atoms with Crippen LogP contribution in [0.4, 0.5) is 10.5 Å². The number of urea groups is 1. The van der Waals surface area contributed by atoms with Crippen LogP contribution in [0.2, 0.25) is 0 Å². The Kier molecular flexibility index (Phi) is 5.60. The zero-order chi connectivity index (χ0) is 15.1. The van der Waals surface area contributed by atoms with E-state index in [4.69, 9.17) is 5.11 Å². The third-order valence-electron chi connectivity index (χ3n) is 3.90. The number of aryl methyl sites for hydroxylation is 1. The van der Waals surface area contributed by atoms with Crippen molar-refractivity contribution < 1.29 is 14.7 Å². The molecule has 5 nitrogen and oxygen atoms in total. The van der Waals surface area contributed by atoms with E-state index in [9.17, 15) is 9.59 Å². The molecule has 1 aliphatic carbocycles. The Morgan fingerprint density at radius 3 is 2.62 bits per heavy atom. The third kappa shape index (κ3) is 5.10. The van der Waals surface area contributed by atoms with Crippen molar-refractivity contribution in [3.05, 3.63) is 29.8 Å². The van der Waals surface area contributed by atoms with Crippen LogP contribution in [-0.4, -0.2) is 23.7 Å². The number of rotatable bonds is 6. The van der Waals surface area contributed by atoms with Crippen molar-refractivity contribution in [2.24, 2.45) is 5.92 Å². The summed E-state index contributed by atoms with van der Waals surface area (Å²) >= 11 is 0. The number of carbonyl (C=O) groups excluding carboxylic acids is 1. The van der Waals surface area contributed by atoms with E-state index < -0.39 is 5.97 Å². The summed E-state index contributed by atoms with van der Waals surface area (Å²) in [5, 5.41) is 14.5. The second kappa shape index (κ2) is 7.67. The summed E-state index contributed by atoms with van der Waals surface area (Å²) in [6, 6.07) is 7.10. The molecular weight excluding hydrogens is 268 g/mol. The van der Waals surface area contributed by atoms with Crippen molar-refractivity contribution in [1.82, 2.24) is 5.32 Å². The summed E-state index contributed by atoms with van der Waals surface area (Å²) in [5.41, 5.74) is 1.53. The van der Waals surface area contributed by atoms with Crippen LogP contribution in [0.1, 0.15) is 37.7 Å². The lowest BCUT2D eigenvalue weighted by Crippen LogP contribution is -2.32. The highest BCUT2D eigenvalue weighted by atomic mass is 16.4. The zero-order valence-electron chi connectivity index (χ0n) is 12.1. The van der Waals surface area contributed by atoms with Crippen molar-refractivity contribution in [3.8, 4) is 0 Å². The maximum atomic E-state index is 11.9. The molecule has 1 aliphatic rings. The molecule has 0 atom stereocenters. The summed E-state index contributed by atoms with van der Waals surface area (Å²) < 4.78 is 0. The van der Waals surface area contributed by atoms with Gasteiger partial charge < -0.3 is 15.7 Å². The molecule has 0 saturated heterocycles. The van der Waals surface area contributed by atoms with E-state index in [0.717, 1.165) is 5.56 Å². The highest BCUT2D eigenvalue weighted by Gasteiger charge is 2.16. The molecule has 1 aromatic rings. The molecule has 0 radical (unpaired) electrons. The number of hydrogen-bond acceptors (Lipinski definition) is 2. The number of carbonyl (C=O) groups is 2. The summed E-state index contributed by atoms with van der Waals surface area (Å²) in [6.45, 7) is 0.711. The summed E-state index contributed by atoms with van der Waals surface area (Å²) in [6.07, 6.45) is 5.36. The standard InChI is InChI=1S/C16H22N2O3/c19-15(20)10-9-13-7-3-4-8-14(13)18-16(21)17-11-12-5-1-2-6-12/h3-4,7-8,12H,1-2,5-6,9-11H2,(H,19,20)(H2,17,18,21). The van der Waals surface area contributed by atoms with Gasteiger partial charge in [-0.3, -0.25) is 4.79 Å². The van der Waals surface area contributed by atoms with Crippen LogP contribution in [0.5, 0.6) is 0 Å². The molecular formula is C16H22N2O3. The number of benzene rings is 1. The van der Waals surface area contributed by atoms with Crippen LogP contribution in [0.3, 0.4) is 0 Å². The average molecular weight is 290 g/mol. The Morgan fingerprint density at radius 2 is 1.90 bits per heavy atom. The quantitative estimate of drug-likeness (QED) is 0.753. The molecule has 0 heterocycles. The molecule has 3 N–H and O–H groups in total. The molecule has 0 spiro atoms. The largest absolute Gasteiger partial charge is 0.481 e. The molecule has 2 amide bonds. The highest BCUT2D eigenvalue weighted by molar-refractivity contribution is 5.90. The lowest BCUT2D eigenvalue weighted by molar-refractivity contribution is -0.136. The van der Waals surface area contributed by atoms with Crippen LogP contribution >= 0.6 is 0 Å². The van der Waals surface area contributed by atoms with E-state index >= 15 is 0 Å². The molecule has 0 aromatic heterocycles. The molecule has 2 rings (SSSR count). The average Bonchev–Trinajstić information content (AvgIpc) is 2.97. The molecule has 0 unspecified atom stereocenters. The smallest absolute Gasteiger partial charge is 0.319 e. The first kappa shape index (κ1) is 15.4. The number of hydrogen-bond donors (Lipinski definition) is 3. The number of anilines is 1. The fourth-order valence-corrected chi connectivity index (χ4v) is 2.72. The first-order valence-electron chi connectivity index (χ1n) is 7.49. The van der Waals surface area contributed by atoms with Crippen LogP contribution in [0, 0.1) is 5.92 Å². The van der Waals surface area contributed by atoms with Crippen LogP contribution in [-0.2, 0) is 11.2 Å². The van der Waals surface area contributed by atoms with Gasteiger partial charge in [-0.1, -0.05) is 31.0 Å². The molecule has 0 aliphatic heterocycles. The van der Waals surface area contributed by atoms with Gasteiger partial charge in [0.05, 0.1) is 0 Å². The minimum Gasteiger partial charge on any atom is -0.481 e.